The molecule has 0 aliphatic heterocycles. The third kappa shape index (κ3) is 3.88. The van der Waals surface area contributed by atoms with Crippen molar-refractivity contribution in [2.24, 2.45) is 0 Å². The Labute approximate surface area is 168 Å². The Balaban J connectivity index is 1.51. The summed E-state index contributed by atoms with van der Waals surface area (Å²) in [6.07, 6.45) is 3.04. The van der Waals surface area contributed by atoms with Crippen LogP contribution in [0.2, 0.25) is 10.0 Å². The predicted molar refractivity (Wildman–Crippen MR) is 110 cm³/mol. The minimum Gasteiger partial charge on any atom is -0.290 e. The molecular formula is C19H12Cl2N4OS. The molecule has 0 unspecified atom stereocenters. The van der Waals surface area contributed by atoms with Gasteiger partial charge in [-0.25, -0.2) is 4.52 Å². The van der Waals surface area contributed by atoms with Gasteiger partial charge in [0, 0.05) is 17.0 Å². The molecule has 8 heteroatoms. The summed E-state index contributed by atoms with van der Waals surface area (Å²) < 4.78 is 1.72. The Morgan fingerprint density at radius 2 is 1.93 bits per heavy atom. The Bertz CT molecular complexity index is 1150. The maximum atomic E-state index is 12.1. The molecule has 0 bridgehead atoms. The fourth-order valence-electron chi connectivity index (χ4n) is 2.48. The highest BCUT2D eigenvalue weighted by Crippen LogP contribution is 2.26. The minimum atomic E-state index is -0.333. The lowest BCUT2D eigenvalue weighted by molar-refractivity contribution is -0.111. The summed E-state index contributed by atoms with van der Waals surface area (Å²) in [7, 11) is 0. The van der Waals surface area contributed by atoms with Crippen molar-refractivity contribution in [3.8, 4) is 11.3 Å². The predicted octanol–water partition coefficient (Wildman–Crippen LogP) is 5.42. The normalized spacial score (nSPS) is 11.3. The average Bonchev–Trinajstić information content (AvgIpc) is 3.23. The summed E-state index contributed by atoms with van der Waals surface area (Å²) in [6, 6.07) is 15.0. The van der Waals surface area contributed by atoms with Gasteiger partial charge in [-0.3, -0.25) is 10.1 Å². The molecule has 4 aromatic rings. The van der Waals surface area contributed by atoms with Crippen LogP contribution in [0.4, 0.5) is 5.95 Å². The van der Waals surface area contributed by atoms with Crippen molar-refractivity contribution in [1.29, 1.82) is 0 Å². The number of aromatic nitrogens is 3. The SMILES string of the molecule is O=C(/C=C/c1ccc(Cl)c(Cl)c1)Nc1nc2scc(-c3ccccc3)n2n1. The summed E-state index contributed by atoms with van der Waals surface area (Å²) >= 11 is 13.3. The zero-order valence-corrected chi connectivity index (χ0v) is 16.1. The summed E-state index contributed by atoms with van der Waals surface area (Å²) in [4.78, 5) is 17.2. The van der Waals surface area contributed by atoms with E-state index in [9.17, 15) is 4.79 Å². The molecule has 0 saturated carbocycles. The van der Waals surface area contributed by atoms with E-state index in [-0.39, 0.29) is 11.9 Å². The maximum Gasteiger partial charge on any atom is 0.250 e. The standard InChI is InChI=1S/C19H12Cl2N4OS/c20-14-8-6-12(10-15(14)21)7-9-17(26)22-18-23-19-25(24-18)16(11-27-19)13-4-2-1-3-5-13/h1-11H,(H,22,24,26)/b9-7+. The molecular weight excluding hydrogens is 403 g/mol. The lowest BCUT2D eigenvalue weighted by Crippen LogP contribution is -2.09. The molecule has 0 atom stereocenters. The van der Waals surface area contributed by atoms with E-state index in [1.807, 2.05) is 35.7 Å². The van der Waals surface area contributed by atoms with Crippen LogP contribution in [0.15, 0.2) is 60.0 Å². The molecule has 2 aromatic carbocycles. The van der Waals surface area contributed by atoms with Crippen LogP contribution in [0.5, 0.6) is 0 Å². The van der Waals surface area contributed by atoms with Crippen LogP contribution in [-0.2, 0) is 4.79 Å². The molecule has 134 valence electrons. The first-order chi connectivity index (χ1) is 13.1. The number of amides is 1. The van der Waals surface area contributed by atoms with Crippen LogP contribution in [0.3, 0.4) is 0 Å². The Morgan fingerprint density at radius 1 is 1.11 bits per heavy atom. The largest absolute Gasteiger partial charge is 0.290 e. The zero-order chi connectivity index (χ0) is 18.8. The zero-order valence-electron chi connectivity index (χ0n) is 13.8. The first-order valence-electron chi connectivity index (χ1n) is 7.94. The third-order valence-corrected chi connectivity index (χ3v) is 5.31. The molecule has 27 heavy (non-hydrogen) atoms. The number of nitrogens with one attached hydrogen (secondary N) is 1. The van der Waals surface area contributed by atoms with Crippen molar-refractivity contribution in [2.75, 3.05) is 5.32 Å². The van der Waals surface area contributed by atoms with Gasteiger partial charge in [-0.05, 0) is 23.8 Å². The van der Waals surface area contributed by atoms with Crippen molar-refractivity contribution in [3.05, 3.63) is 75.6 Å². The second kappa shape index (κ2) is 7.52. The Morgan fingerprint density at radius 3 is 2.70 bits per heavy atom. The van der Waals surface area contributed by atoms with Gasteiger partial charge in [0.25, 0.3) is 11.9 Å². The van der Waals surface area contributed by atoms with Crippen LogP contribution in [0, 0.1) is 0 Å². The second-order valence-electron chi connectivity index (χ2n) is 5.61. The lowest BCUT2D eigenvalue weighted by atomic mass is 10.2. The molecule has 0 aliphatic rings. The number of carbonyl (C=O) groups is 1. The van der Waals surface area contributed by atoms with E-state index in [1.54, 1.807) is 28.8 Å². The topological polar surface area (TPSA) is 59.3 Å². The molecule has 0 fully saturated rings. The summed E-state index contributed by atoms with van der Waals surface area (Å²) in [5.74, 6) is -0.0802. The van der Waals surface area contributed by atoms with Gasteiger partial charge in [-0.1, -0.05) is 59.6 Å². The van der Waals surface area contributed by atoms with Gasteiger partial charge >= 0.3 is 0 Å². The van der Waals surface area contributed by atoms with E-state index in [1.165, 1.54) is 17.4 Å². The van der Waals surface area contributed by atoms with Crippen LogP contribution in [0.25, 0.3) is 22.3 Å². The molecule has 5 nitrogen and oxygen atoms in total. The number of thiazole rings is 1. The van der Waals surface area contributed by atoms with E-state index >= 15 is 0 Å². The fraction of sp³-hybridized carbons (Fsp3) is 0. The van der Waals surface area contributed by atoms with E-state index in [2.05, 4.69) is 15.4 Å². The molecule has 0 radical (unpaired) electrons. The van der Waals surface area contributed by atoms with Gasteiger partial charge in [0.15, 0.2) is 0 Å². The number of hydrogen-bond donors (Lipinski definition) is 1. The minimum absolute atomic E-state index is 0.253. The van der Waals surface area contributed by atoms with Crippen molar-refractivity contribution in [2.45, 2.75) is 0 Å². The quantitative estimate of drug-likeness (QED) is 0.453. The molecule has 2 aromatic heterocycles. The molecule has 1 N–H and O–H groups in total. The first-order valence-corrected chi connectivity index (χ1v) is 9.57. The molecule has 4 rings (SSSR count). The van der Waals surface area contributed by atoms with E-state index < -0.39 is 0 Å². The lowest BCUT2D eigenvalue weighted by Gasteiger charge is -1.99. The summed E-state index contributed by atoms with van der Waals surface area (Å²) in [5, 5.41) is 9.94. The number of hydrogen-bond acceptors (Lipinski definition) is 4. The van der Waals surface area contributed by atoms with Crippen molar-refractivity contribution in [1.82, 2.24) is 14.6 Å². The van der Waals surface area contributed by atoms with Crippen LogP contribution in [0.1, 0.15) is 5.56 Å². The number of nitrogens with zero attached hydrogens (tertiary/aromatic N) is 3. The fourth-order valence-corrected chi connectivity index (χ4v) is 3.62. The van der Waals surface area contributed by atoms with Crippen LogP contribution >= 0.6 is 34.5 Å². The van der Waals surface area contributed by atoms with Crippen LogP contribution in [-0.4, -0.2) is 20.5 Å². The third-order valence-electron chi connectivity index (χ3n) is 3.76. The summed E-state index contributed by atoms with van der Waals surface area (Å²) in [5.41, 5.74) is 2.73. The van der Waals surface area contributed by atoms with Gasteiger partial charge in [-0.2, -0.15) is 4.98 Å². The van der Waals surface area contributed by atoms with Crippen molar-refractivity contribution >= 4 is 57.4 Å². The van der Waals surface area contributed by atoms with Gasteiger partial charge in [0.05, 0.1) is 15.7 Å². The maximum absolute atomic E-state index is 12.1. The molecule has 0 spiro atoms. The number of benzene rings is 2. The van der Waals surface area contributed by atoms with Crippen molar-refractivity contribution in [3.63, 3.8) is 0 Å². The molecule has 0 aliphatic carbocycles. The van der Waals surface area contributed by atoms with E-state index in [4.69, 9.17) is 23.2 Å². The van der Waals surface area contributed by atoms with Gasteiger partial charge < -0.3 is 0 Å². The smallest absolute Gasteiger partial charge is 0.250 e. The highest BCUT2D eigenvalue weighted by atomic mass is 35.5. The number of rotatable bonds is 4. The Hall–Kier alpha value is -2.67. The van der Waals surface area contributed by atoms with Gasteiger partial charge in [-0.15, -0.1) is 16.4 Å². The molecule has 1 amide bonds. The average molecular weight is 415 g/mol. The number of carbonyl (C=O) groups excluding carboxylic acids is 1. The number of halogens is 2. The number of fused-ring (bicyclic) bond motifs is 1. The van der Waals surface area contributed by atoms with Gasteiger partial charge in [0.1, 0.15) is 0 Å². The molecule has 0 saturated heterocycles. The van der Waals surface area contributed by atoms with Gasteiger partial charge in [0.2, 0.25) is 4.96 Å². The highest BCUT2D eigenvalue weighted by Gasteiger charge is 2.12. The highest BCUT2D eigenvalue weighted by molar-refractivity contribution is 7.15. The Kier molecular flexibility index (Phi) is 4.94. The van der Waals surface area contributed by atoms with E-state index in [0.717, 1.165) is 16.8 Å². The monoisotopic (exact) mass is 414 g/mol. The number of anilines is 1. The van der Waals surface area contributed by atoms with Crippen LogP contribution < -0.4 is 5.32 Å². The molecule has 2 heterocycles. The van der Waals surface area contributed by atoms with Crippen molar-refractivity contribution < 1.29 is 4.79 Å². The second-order valence-corrected chi connectivity index (χ2v) is 7.26. The first kappa shape index (κ1) is 17.7. The summed E-state index contributed by atoms with van der Waals surface area (Å²) in [6.45, 7) is 0. The van der Waals surface area contributed by atoms with E-state index in [0.29, 0.717) is 15.0 Å².